The summed E-state index contributed by atoms with van der Waals surface area (Å²) in [6.07, 6.45) is 1.99. The van der Waals surface area contributed by atoms with Crippen molar-refractivity contribution in [2.24, 2.45) is 11.8 Å². The largest absolute Gasteiger partial charge is 0.448 e. The molecular formula is C10H15ClN2O2. The first-order valence-electron chi connectivity index (χ1n) is 5.10. The first-order valence-corrected chi connectivity index (χ1v) is 5.48. The molecule has 1 unspecified atom stereocenters. The predicted octanol–water partition coefficient (Wildman–Crippen LogP) is 1.86. The average molecular weight is 231 g/mol. The summed E-state index contributed by atoms with van der Waals surface area (Å²) < 4.78 is 10.7. The molecule has 1 aliphatic heterocycles. The molecule has 3 N–H and O–H groups in total. The maximum absolute atomic E-state index is 5.74. The molecule has 0 radical (unpaired) electrons. The van der Waals surface area contributed by atoms with Gasteiger partial charge < -0.3 is 9.15 Å². The lowest BCUT2D eigenvalue weighted by Crippen LogP contribution is -2.35. The molecular weight excluding hydrogens is 216 g/mol. The van der Waals surface area contributed by atoms with E-state index in [0.717, 1.165) is 31.8 Å². The summed E-state index contributed by atoms with van der Waals surface area (Å²) in [5.74, 6) is 6.80. The van der Waals surface area contributed by atoms with Crippen LogP contribution in [0.1, 0.15) is 24.6 Å². The van der Waals surface area contributed by atoms with Gasteiger partial charge in [0.25, 0.3) is 0 Å². The summed E-state index contributed by atoms with van der Waals surface area (Å²) in [5.41, 5.74) is 2.79. The van der Waals surface area contributed by atoms with Crippen LogP contribution in [0.3, 0.4) is 0 Å². The van der Waals surface area contributed by atoms with Crippen LogP contribution in [-0.4, -0.2) is 13.2 Å². The van der Waals surface area contributed by atoms with Crippen LogP contribution in [0.4, 0.5) is 0 Å². The lowest BCUT2D eigenvalue weighted by Gasteiger charge is -2.28. The Hall–Kier alpha value is -0.550. The summed E-state index contributed by atoms with van der Waals surface area (Å²) in [4.78, 5) is 0. The molecule has 2 heterocycles. The Balaban J connectivity index is 2.08. The molecule has 0 bridgehead atoms. The standard InChI is InChI=1S/C10H15ClN2O2/c11-9-2-1-8(15-9)10(13-12)7-3-5-14-6-4-7/h1-2,7,10,13H,3-6,12H2. The van der Waals surface area contributed by atoms with Gasteiger partial charge in [0.2, 0.25) is 0 Å². The Labute approximate surface area is 93.7 Å². The summed E-state index contributed by atoms with van der Waals surface area (Å²) >= 11 is 5.74. The van der Waals surface area contributed by atoms with E-state index in [-0.39, 0.29) is 6.04 Å². The van der Waals surface area contributed by atoms with Crippen LogP contribution in [0, 0.1) is 5.92 Å². The van der Waals surface area contributed by atoms with Crippen molar-refractivity contribution in [1.82, 2.24) is 5.43 Å². The van der Waals surface area contributed by atoms with Gasteiger partial charge in [-0.2, -0.15) is 0 Å². The number of hydrogen-bond donors (Lipinski definition) is 2. The fourth-order valence-corrected chi connectivity index (χ4v) is 2.15. The topological polar surface area (TPSA) is 60.4 Å². The quantitative estimate of drug-likeness (QED) is 0.615. The Morgan fingerprint density at radius 1 is 1.40 bits per heavy atom. The molecule has 0 spiro atoms. The Bertz CT molecular complexity index is 310. The molecule has 1 fully saturated rings. The fraction of sp³-hybridized carbons (Fsp3) is 0.600. The minimum absolute atomic E-state index is 0.0291. The smallest absolute Gasteiger partial charge is 0.193 e. The minimum atomic E-state index is 0.0291. The van der Waals surface area contributed by atoms with E-state index in [1.165, 1.54) is 0 Å². The molecule has 4 nitrogen and oxygen atoms in total. The highest BCUT2D eigenvalue weighted by Gasteiger charge is 2.26. The Morgan fingerprint density at radius 3 is 2.67 bits per heavy atom. The van der Waals surface area contributed by atoms with Gasteiger partial charge in [-0.15, -0.1) is 0 Å². The minimum Gasteiger partial charge on any atom is -0.448 e. The molecule has 1 aromatic heterocycles. The maximum Gasteiger partial charge on any atom is 0.193 e. The zero-order valence-electron chi connectivity index (χ0n) is 8.41. The lowest BCUT2D eigenvalue weighted by molar-refractivity contribution is 0.0507. The predicted molar refractivity (Wildman–Crippen MR) is 57.3 cm³/mol. The molecule has 0 saturated carbocycles. The average Bonchev–Trinajstić information content (AvgIpc) is 2.68. The van der Waals surface area contributed by atoms with Crippen LogP contribution in [0.2, 0.25) is 5.22 Å². The molecule has 1 saturated heterocycles. The van der Waals surface area contributed by atoms with Gasteiger partial charge in [-0.3, -0.25) is 5.84 Å². The molecule has 0 aromatic carbocycles. The maximum atomic E-state index is 5.74. The number of ether oxygens (including phenoxy) is 1. The second-order valence-corrected chi connectivity index (χ2v) is 4.11. The fourth-order valence-electron chi connectivity index (χ4n) is 2.00. The van der Waals surface area contributed by atoms with Crippen LogP contribution in [-0.2, 0) is 4.74 Å². The number of hydrazine groups is 1. The van der Waals surface area contributed by atoms with Gasteiger partial charge in [0.1, 0.15) is 5.76 Å². The summed E-state index contributed by atoms with van der Waals surface area (Å²) in [7, 11) is 0. The monoisotopic (exact) mass is 230 g/mol. The zero-order valence-corrected chi connectivity index (χ0v) is 9.17. The first-order chi connectivity index (χ1) is 7.31. The van der Waals surface area contributed by atoms with Crippen molar-refractivity contribution in [2.45, 2.75) is 18.9 Å². The van der Waals surface area contributed by atoms with E-state index >= 15 is 0 Å². The number of nitrogens with two attached hydrogens (primary N) is 1. The molecule has 1 aromatic rings. The third-order valence-electron chi connectivity index (χ3n) is 2.82. The highest BCUT2D eigenvalue weighted by Crippen LogP contribution is 2.31. The van der Waals surface area contributed by atoms with E-state index in [9.17, 15) is 0 Å². The van der Waals surface area contributed by atoms with Crippen molar-refractivity contribution in [3.8, 4) is 0 Å². The van der Waals surface area contributed by atoms with Gasteiger partial charge in [0.15, 0.2) is 5.22 Å². The van der Waals surface area contributed by atoms with Crippen LogP contribution < -0.4 is 11.3 Å². The third-order valence-corrected chi connectivity index (χ3v) is 3.02. The number of nitrogens with one attached hydrogen (secondary N) is 1. The van der Waals surface area contributed by atoms with Crippen molar-refractivity contribution in [3.63, 3.8) is 0 Å². The third kappa shape index (κ3) is 2.52. The zero-order chi connectivity index (χ0) is 10.7. The molecule has 0 aliphatic carbocycles. The van der Waals surface area contributed by atoms with Crippen molar-refractivity contribution < 1.29 is 9.15 Å². The highest BCUT2D eigenvalue weighted by molar-refractivity contribution is 6.28. The Kier molecular flexibility index (Phi) is 3.64. The van der Waals surface area contributed by atoms with Gasteiger partial charge in [-0.25, -0.2) is 5.43 Å². The normalized spacial score (nSPS) is 20.4. The van der Waals surface area contributed by atoms with Crippen LogP contribution in [0.25, 0.3) is 0 Å². The second-order valence-electron chi connectivity index (χ2n) is 3.74. The van der Waals surface area contributed by atoms with Gasteiger partial charge in [0.05, 0.1) is 6.04 Å². The molecule has 1 aliphatic rings. The first kappa shape index (κ1) is 11.0. The number of halogens is 1. The van der Waals surface area contributed by atoms with E-state index in [0.29, 0.717) is 11.1 Å². The molecule has 15 heavy (non-hydrogen) atoms. The van der Waals surface area contributed by atoms with Crippen molar-refractivity contribution in [3.05, 3.63) is 23.1 Å². The van der Waals surface area contributed by atoms with E-state index in [1.807, 2.05) is 6.07 Å². The van der Waals surface area contributed by atoms with Crippen molar-refractivity contribution >= 4 is 11.6 Å². The summed E-state index contributed by atoms with van der Waals surface area (Å²) in [5, 5.41) is 0.400. The molecule has 84 valence electrons. The molecule has 0 amide bonds. The van der Waals surface area contributed by atoms with Crippen LogP contribution in [0.15, 0.2) is 16.5 Å². The van der Waals surface area contributed by atoms with Crippen LogP contribution >= 0.6 is 11.6 Å². The highest BCUT2D eigenvalue weighted by atomic mass is 35.5. The van der Waals surface area contributed by atoms with E-state index in [4.69, 9.17) is 26.6 Å². The van der Waals surface area contributed by atoms with E-state index < -0.39 is 0 Å². The van der Waals surface area contributed by atoms with Gasteiger partial charge in [-0.05, 0) is 42.5 Å². The van der Waals surface area contributed by atoms with Crippen LogP contribution in [0.5, 0.6) is 0 Å². The Morgan fingerprint density at radius 2 is 2.13 bits per heavy atom. The number of hydrogen-bond acceptors (Lipinski definition) is 4. The van der Waals surface area contributed by atoms with E-state index in [1.54, 1.807) is 6.07 Å². The second kappa shape index (κ2) is 4.99. The summed E-state index contributed by atoms with van der Waals surface area (Å²) in [6.45, 7) is 1.58. The molecule has 2 rings (SSSR count). The molecule has 1 atom stereocenters. The van der Waals surface area contributed by atoms with Gasteiger partial charge in [-0.1, -0.05) is 0 Å². The molecule has 5 heteroatoms. The summed E-state index contributed by atoms with van der Waals surface area (Å²) in [6, 6.07) is 3.63. The number of furan rings is 1. The SMILES string of the molecule is NNC(c1ccc(Cl)o1)C1CCOCC1. The van der Waals surface area contributed by atoms with Gasteiger partial charge in [0, 0.05) is 13.2 Å². The number of rotatable bonds is 3. The lowest BCUT2D eigenvalue weighted by atomic mass is 9.91. The van der Waals surface area contributed by atoms with Crippen molar-refractivity contribution in [2.75, 3.05) is 13.2 Å². The van der Waals surface area contributed by atoms with Gasteiger partial charge >= 0.3 is 0 Å². The van der Waals surface area contributed by atoms with Crippen molar-refractivity contribution in [1.29, 1.82) is 0 Å². The van der Waals surface area contributed by atoms with E-state index in [2.05, 4.69) is 5.43 Å².